The number of amides is 2. The van der Waals surface area contributed by atoms with Crippen LogP contribution in [0.3, 0.4) is 0 Å². The number of carbonyl (C=O) groups excluding carboxylic acids is 3. The molecular weight excluding hydrogens is 522 g/mol. The maximum atomic E-state index is 13.6. The highest BCUT2D eigenvalue weighted by molar-refractivity contribution is 7.89. The molecule has 3 unspecified atom stereocenters. The van der Waals surface area contributed by atoms with E-state index in [0.717, 1.165) is 18.4 Å². The molecule has 3 aliphatic heterocycles. The molecule has 0 aliphatic carbocycles. The zero-order valence-corrected chi connectivity index (χ0v) is 21.9. The number of hydrogen-bond acceptors (Lipinski definition) is 7. The highest BCUT2D eigenvalue weighted by Gasteiger charge is 2.48. The number of nitrogens with one attached hydrogen (secondary N) is 1. The molecule has 0 radical (unpaired) electrons. The Morgan fingerprint density at radius 1 is 1.16 bits per heavy atom. The number of furan rings is 1. The van der Waals surface area contributed by atoms with Crippen molar-refractivity contribution in [3.05, 3.63) is 52.2 Å². The van der Waals surface area contributed by atoms with Gasteiger partial charge in [0.1, 0.15) is 24.5 Å². The molecule has 10 nitrogen and oxygen atoms in total. The normalized spacial score (nSPS) is 22.9. The number of benzene rings is 1. The van der Waals surface area contributed by atoms with E-state index >= 15 is 0 Å². The van der Waals surface area contributed by atoms with Crippen LogP contribution < -0.4 is 5.32 Å². The van der Waals surface area contributed by atoms with Gasteiger partial charge < -0.3 is 19.4 Å². The number of ketones is 1. The van der Waals surface area contributed by atoms with Gasteiger partial charge in [0.15, 0.2) is 5.78 Å². The number of carbonyl (C=O) groups is 3. The first-order valence-electron chi connectivity index (χ1n) is 12.3. The average Bonchev–Trinajstić information content (AvgIpc) is 3.66. The van der Waals surface area contributed by atoms with E-state index in [1.54, 1.807) is 24.3 Å². The summed E-state index contributed by atoms with van der Waals surface area (Å²) in [6, 6.07) is 6.44. The third kappa shape index (κ3) is 5.05. The van der Waals surface area contributed by atoms with Crippen molar-refractivity contribution in [1.29, 1.82) is 0 Å². The molecule has 3 fully saturated rings. The number of aryl methyl sites for hydroxylation is 1. The van der Waals surface area contributed by atoms with Crippen molar-refractivity contribution in [2.24, 2.45) is 0 Å². The number of hydrogen-bond donors (Lipinski definition) is 1. The van der Waals surface area contributed by atoms with Gasteiger partial charge in [-0.25, -0.2) is 8.42 Å². The van der Waals surface area contributed by atoms with Crippen LogP contribution in [0.4, 0.5) is 0 Å². The molecule has 2 aromatic rings. The number of halogens is 1. The van der Waals surface area contributed by atoms with Crippen LogP contribution in [0, 0.1) is 6.92 Å². The second-order valence-electron chi connectivity index (χ2n) is 9.58. The summed E-state index contributed by atoms with van der Waals surface area (Å²) in [7, 11) is -3.85. The molecule has 4 heterocycles. The van der Waals surface area contributed by atoms with E-state index in [1.165, 1.54) is 22.2 Å². The Labute approximate surface area is 219 Å². The molecule has 3 atom stereocenters. The minimum absolute atomic E-state index is 0.0319. The number of fused-ring (bicyclic) bond motifs is 1. The van der Waals surface area contributed by atoms with Crippen molar-refractivity contribution in [3.63, 3.8) is 0 Å². The number of likely N-dealkylation sites (tertiary alicyclic amines) is 1. The lowest BCUT2D eigenvalue weighted by Crippen LogP contribution is -2.53. The fraction of sp³-hybridized carbons (Fsp3) is 0.480. The largest absolute Gasteiger partial charge is 0.448 e. The monoisotopic (exact) mass is 549 g/mol. The molecule has 0 saturated carbocycles. The summed E-state index contributed by atoms with van der Waals surface area (Å²) in [4.78, 5) is 40.8. The molecule has 0 bridgehead atoms. The van der Waals surface area contributed by atoms with Crippen LogP contribution in [0.2, 0.25) is 5.02 Å². The van der Waals surface area contributed by atoms with Crippen molar-refractivity contribution < 1.29 is 32.0 Å². The topological polar surface area (TPSA) is 126 Å². The Kier molecular flexibility index (Phi) is 7.14. The van der Waals surface area contributed by atoms with Gasteiger partial charge >= 0.3 is 0 Å². The second-order valence-corrected chi connectivity index (χ2v) is 11.9. The summed E-state index contributed by atoms with van der Waals surface area (Å²) in [5.41, 5.74) is 0.792. The molecule has 0 spiro atoms. The Bertz CT molecular complexity index is 1320. The van der Waals surface area contributed by atoms with Gasteiger partial charge in [-0.1, -0.05) is 23.7 Å². The smallest absolute Gasteiger partial charge is 0.276 e. The zero-order chi connectivity index (χ0) is 26.3. The van der Waals surface area contributed by atoms with E-state index in [-0.39, 0.29) is 41.3 Å². The van der Waals surface area contributed by atoms with E-state index in [1.807, 2.05) is 0 Å². The number of sulfonamides is 1. The Hall–Kier alpha value is -2.73. The molecule has 3 aliphatic rings. The molecule has 1 N–H and O–H groups in total. The second kappa shape index (κ2) is 10.2. The number of ether oxygens (including phenoxy) is 1. The van der Waals surface area contributed by atoms with E-state index in [4.69, 9.17) is 20.8 Å². The van der Waals surface area contributed by atoms with Crippen LogP contribution in [0.15, 0.2) is 39.8 Å². The molecule has 1 aromatic carbocycles. The van der Waals surface area contributed by atoms with E-state index in [9.17, 15) is 22.8 Å². The lowest BCUT2D eigenvalue weighted by Gasteiger charge is -2.27. The third-order valence-corrected chi connectivity index (χ3v) is 9.16. The van der Waals surface area contributed by atoms with Gasteiger partial charge in [0.2, 0.25) is 11.0 Å². The summed E-state index contributed by atoms with van der Waals surface area (Å²) in [6.07, 6.45) is 1.90. The lowest BCUT2D eigenvalue weighted by molar-refractivity contribution is -0.138. The summed E-state index contributed by atoms with van der Waals surface area (Å²) >= 11 is 6.00. The predicted octanol–water partition coefficient (Wildman–Crippen LogP) is 1.94. The Morgan fingerprint density at radius 2 is 1.86 bits per heavy atom. The summed E-state index contributed by atoms with van der Waals surface area (Å²) in [6.45, 7) is 2.63. The fourth-order valence-corrected chi connectivity index (χ4v) is 6.81. The van der Waals surface area contributed by atoms with Crippen LogP contribution >= 0.6 is 11.6 Å². The highest BCUT2D eigenvalue weighted by Crippen LogP contribution is 2.29. The Balaban J connectivity index is 1.39. The van der Waals surface area contributed by atoms with Gasteiger partial charge in [-0.2, -0.15) is 4.31 Å². The summed E-state index contributed by atoms with van der Waals surface area (Å²) < 4.78 is 38.2. The van der Waals surface area contributed by atoms with Crippen molar-refractivity contribution in [3.8, 4) is 0 Å². The predicted molar refractivity (Wildman–Crippen MR) is 133 cm³/mol. The lowest BCUT2D eigenvalue weighted by atomic mass is 10.0. The first-order chi connectivity index (χ1) is 17.6. The van der Waals surface area contributed by atoms with Crippen LogP contribution in [-0.2, 0) is 30.8 Å². The van der Waals surface area contributed by atoms with E-state index < -0.39 is 33.9 Å². The van der Waals surface area contributed by atoms with E-state index in [0.29, 0.717) is 31.1 Å². The van der Waals surface area contributed by atoms with Gasteiger partial charge in [0.25, 0.3) is 15.9 Å². The number of Topliss-reactive ketones (excluding diaryl/α,β-unsaturated/α-hetero) is 1. The van der Waals surface area contributed by atoms with Gasteiger partial charge in [-0.15, -0.1) is 0 Å². The first-order valence-corrected chi connectivity index (χ1v) is 14.1. The van der Waals surface area contributed by atoms with Crippen molar-refractivity contribution >= 4 is 39.2 Å². The summed E-state index contributed by atoms with van der Waals surface area (Å²) in [5.74, 6) is -1.06. The first kappa shape index (κ1) is 25.9. The molecule has 3 saturated heterocycles. The number of rotatable bonds is 7. The molecular formula is C25H28ClN3O7S. The average molecular weight is 550 g/mol. The van der Waals surface area contributed by atoms with Crippen molar-refractivity contribution in [1.82, 2.24) is 14.5 Å². The van der Waals surface area contributed by atoms with Gasteiger partial charge in [0.05, 0.1) is 11.7 Å². The van der Waals surface area contributed by atoms with Crippen LogP contribution in [0.25, 0.3) is 0 Å². The van der Waals surface area contributed by atoms with Crippen LogP contribution in [-0.4, -0.2) is 79.6 Å². The maximum absolute atomic E-state index is 13.6. The van der Waals surface area contributed by atoms with Crippen molar-refractivity contribution in [2.45, 2.75) is 55.9 Å². The number of nitrogens with zero attached hydrogens (tertiary/aromatic N) is 2. The van der Waals surface area contributed by atoms with Gasteiger partial charge in [-0.05, 0) is 43.9 Å². The molecule has 2 amide bonds. The molecule has 1 aromatic heterocycles. The van der Waals surface area contributed by atoms with Crippen LogP contribution in [0.5, 0.6) is 0 Å². The minimum atomic E-state index is -3.85. The van der Waals surface area contributed by atoms with Crippen molar-refractivity contribution in [2.75, 3.05) is 26.2 Å². The quantitative estimate of drug-likeness (QED) is 0.559. The maximum Gasteiger partial charge on any atom is 0.276 e. The molecule has 198 valence electrons. The third-order valence-electron chi connectivity index (χ3n) is 7.15. The van der Waals surface area contributed by atoms with Gasteiger partial charge in [-0.3, -0.25) is 14.4 Å². The minimum Gasteiger partial charge on any atom is -0.448 e. The fourth-order valence-electron chi connectivity index (χ4n) is 5.20. The van der Waals surface area contributed by atoms with E-state index in [2.05, 4.69) is 5.32 Å². The SMILES string of the molecule is Cc1oc(S(=O)(=O)N2CCCC2)cc1C(=O)NC(Cc1ccc(Cl)cc1)C(=O)N1CCC2OCC(=O)C21. The standard InChI is InChI=1S/C25H28ClN3O7S/c1-15-18(13-22(36-15)37(33,34)28-9-2-3-10-28)24(31)27-19(12-16-4-6-17(26)7-5-16)25(32)29-11-8-21-23(29)20(30)14-35-21/h4-7,13,19,21,23H,2-3,8-12,14H2,1H3,(H,27,31). The molecule has 12 heteroatoms. The molecule has 37 heavy (non-hydrogen) atoms. The zero-order valence-electron chi connectivity index (χ0n) is 20.3. The van der Waals surface area contributed by atoms with Crippen LogP contribution in [0.1, 0.15) is 40.9 Å². The molecule has 5 rings (SSSR count). The highest BCUT2D eigenvalue weighted by atomic mass is 35.5. The van der Waals surface area contributed by atoms with Gasteiger partial charge in [0, 0.05) is 37.1 Å². The summed E-state index contributed by atoms with van der Waals surface area (Å²) in [5, 5.41) is 3.00. The Morgan fingerprint density at radius 3 is 2.57 bits per heavy atom.